The summed E-state index contributed by atoms with van der Waals surface area (Å²) in [5, 5.41) is 12.2. The summed E-state index contributed by atoms with van der Waals surface area (Å²) < 4.78 is 0. The van der Waals surface area contributed by atoms with E-state index in [1.165, 1.54) is 16.7 Å². The van der Waals surface area contributed by atoms with Gasteiger partial charge in [0.1, 0.15) is 0 Å². The number of aliphatic carboxylic acids is 1. The van der Waals surface area contributed by atoms with Crippen LogP contribution in [0.3, 0.4) is 0 Å². The van der Waals surface area contributed by atoms with Gasteiger partial charge in [-0.1, -0.05) is 66.7 Å². The molecule has 0 aliphatic rings. The van der Waals surface area contributed by atoms with Crippen LogP contribution < -0.4 is 5.32 Å². The molecule has 0 saturated carbocycles. The van der Waals surface area contributed by atoms with E-state index in [2.05, 4.69) is 29.6 Å². The molecule has 3 aromatic carbocycles. The van der Waals surface area contributed by atoms with Gasteiger partial charge in [-0.15, -0.1) is 0 Å². The van der Waals surface area contributed by atoms with E-state index in [-0.39, 0.29) is 6.42 Å². The molecule has 0 aliphatic carbocycles. The van der Waals surface area contributed by atoms with Crippen LogP contribution in [0.4, 0.5) is 5.69 Å². The number of anilines is 1. The maximum absolute atomic E-state index is 10.7. The summed E-state index contributed by atoms with van der Waals surface area (Å²) in [6.07, 6.45) is 0.0527. The van der Waals surface area contributed by atoms with Crippen molar-refractivity contribution in [2.24, 2.45) is 0 Å². The van der Waals surface area contributed by atoms with Crippen LogP contribution in [0.2, 0.25) is 0 Å². The molecule has 2 N–H and O–H groups in total. The number of carboxylic acid groups (broad SMARTS) is 1. The van der Waals surface area contributed by atoms with Crippen LogP contribution in [0, 0.1) is 0 Å². The fourth-order valence-corrected chi connectivity index (χ4v) is 2.69. The summed E-state index contributed by atoms with van der Waals surface area (Å²) in [4.78, 5) is 10.7. The Bertz CT molecular complexity index is 811. The fraction of sp³-hybridized carbons (Fsp3) is 0.0952. The van der Waals surface area contributed by atoms with E-state index in [0.29, 0.717) is 6.54 Å². The first-order valence-electron chi connectivity index (χ1n) is 7.90. The van der Waals surface area contributed by atoms with Gasteiger partial charge in [-0.3, -0.25) is 4.79 Å². The van der Waals surface area contributed by atoms with Gasteiger partial charge in [-0.25, -0.2) is 0 Å². The van der Waals surface area contributed by atoms with Gasteiger partial charge in [0.05, 0.1) is 6.42 Å². The van der Waals surface area contributed by atoms with Gasteiger partial charge >= 0.3 is 5.97 Å². The van der Waals surface area contributed by atoms with E-state index in [9.17, 15) is 4.79 Å². The van der Waals surface area contributed by atoms with E-state index in [1.807, 2.05) is 54.6 Å². The number of hydrogen-bond acceptors (Lipinski definition) is 2. The van der Waals surface area contributed by atoms with Crippen molar-refractivity contribution >= 4 is 11.7 Å². The summed E-state index contributed by atoms with van der Waals surface area (Å²) >= 11 is 0. The SMILES string of the molecule is O=C(O)Cc1ccc(NCc2ccccc2-c2ccccc2)cc1. The molecular weight excluding hydrogens is 298 g/mol. The highest BCUT2D eigenvalue weighted by Gasteiger charge is 2.04. The Morgan fingerprint density at radius 3 is 2.21 bits per heavy atom. The van der Waals surface area contributed by atoms with Gasteiger partial charge in [0.25, 0.3) is 0 Å². The van der Waals surface area contributed by atoms with Crippen LogP contribution >= 0.6 is 0 Å². The van der Waals surface area contributed by atoms with E-state index in [0.717, 1.165) is 11.3 Å². The first-order valence-corrected chi connectivity index (χ1v) is 7.90. The zero-order chi connectivity index (χ0) is 16.8. The van der Waals surface area contributed by atoms with E-state index in [1.54, 1.807) is 0 Å². The van der Waals surface area contributed by atoms with Crippen molar-refractivity contribution in [3.05, 3.63) is 90.0 Å². The number of nitrogens with one attached hydrogen (secondary N) is 1. The lowest BCUT2D eigenvalue weighted by Gasteiger charge is -2.12. The molecule has 0 bridgehead atoms. The molecule has 24 heavy (non-hydrogen) atoms. The normalized spacial score (nSPS) is 10.3. The number of hydrogen-bond donors (Lipinski definition) is 2. The van der Waals surface area contributed by atoms with Crippen LogP contribution in [-0.2, 0) is 17.8 Å². The van der Waals surface area contributed by atoms with Crippen LogP contribution in [-0.4, -0.2) is 11.1 Å². The molecule has 0 spiro atoms. The monoisotopic (exact) mass is 317 g/mol. The van der Waals surface area contributed by atoms with Crippen LogP contribution in [0.1, 0.15) is 11.1 Å². The lowest BCUT2D eigenvalue weighted by molar-refractivity contribution is -0.136. The Labute approximate surface area is 141 Å². The third kappa shape index (κ3) is 4.02. The molecule has 0 fully saturated rings. The largest absolute Gasteiger partial charge is 0.481 e. The van der Waals surface area contributed by atoms with Gasteiger partial charge in [0.15, 0.2) is 0 Å². The second kappa shape index (κ2) is 7.47. The third-order valence-corrected chi connectivity index (χ3v) is 3.89. The van der Waals surface area contributed by atoms with Crippen molar-refractivity contribution in [3.8, 4) is 11.1 Å². The smallest absolute Gasteiger partial charge is 0.307 e. The molecule has 3 rings (SSSR count). The minimum atomic E-state index is -0.813. The summed E-state index contributed by atoms with van der Waals surface area (Å²) in [5.74, 6) is -0.813. The molecule has 0 aliphatic heterocycles. The zero-order valence-corrected chi connectivity index (χ0v) is 13.3. The predicted molar refractivity (Wildman–Crippen MR) is 97.0 cm³/mol. The number of carboxylic acids is 1. The average molecular weight is 317 g/mol. The Hall–Kier alpha value is -3.07. The fourth-order valence-electron chi connectivity index (χ4n) is 2.69. The highest BCUT2D eigenvalue weighted by atomic mass is 16.4. The highest BCUT2D eigenvalue weighted by Crippen LogP contribution is 2.24. The molecule has 0 atom stereocenters. The van der Waals surface area contributed by atoms with Crippen molar-refractivity contribution in [2.75, 3.05) is 5.32 Å². The molecule has 0 aromatic heterocycles. The molecule has 0 heterocycles. The zero-order valence-electron chi connectivity index (χ0n) is 13.3. The molecule has 3 nitrogen and oxygen atoms in total. The van der Waals surface area contributed by atoms with Gasteiger partial charge in [0, 0.05) is 12.2 Å². The van der Waals surface area contributed by atoms with Gasteiger partial charge in [0.2, 0.25) is 0 Å². The second-order valence-electron chi connectivity index (χ2n) is 5.64. The van der Waals surface area contributed by atoms with Crippen molar-refractivity contribution in [1.82, 2.24) is 0 Å². The highest BCUT2D eigenvalue weighted by molar-refractivity contribution is 5.70. The molecule has 3 aromatic rings. The summed E-state index contributed by atoms with van der Waals surface area (Å²) in [6, 6.07) is 26.2. The lowest BCUT2D eigenvalue weighted by atomic mass is 10.00. The molecular formula is C21H19NO2. The summed E-state index contributed by atoms with van der Waals surface area (Å²) in [6.45, 7) is 0.712. The maximum atomic E-state index is 10.7. The first kappa shape index (κ1) is 15.8. The van der Waals surface area contributed by atoms with Crippen LogP contribution in [0.25, 0.3) is 11.1 Å². The number of rotatable bonds is 6. The number of carbonyl (C=O) groups is 1. The van der Waals surface area contributed by atoms with Crippen molar-refractivity contribution in [1.29, 1.82) is 0 Å². The Morgan fingerprint density at radius 1 is 0.833 bits per heavy atom. The second-order valence-corrected chi connectivity index (χ2v) is 5.64. The summed E-state index contributed by atoms with van der Waals surface area (Å²) in [5.41, 5.74) is 5.42. The van der Waals surface area contributed by atoms with Gasteiger partial charge in [-0.2, -0.15) is 0 Å². The molecule has 0 amide bonds. The maximum Gasteiger partial charge on any atom is 0.307 e. The molecule has 0 unspecified atom stereocenters. The quantitative estimate of drug-likeness (QED) is 0.699. The van der Waals surface area contributed by atoms with Crippen LogP contribution in [0.5, 0.6) is 0 Å². The molecule has 120 valence electrons. The predicted octanol–water partition coefficient (Wildman–Crippen LogP) is 4.59. The molecule has 0 saturated heterocycles. The van der Waals surface area contributed by atoms with Crippen LogP contribution in [0.15, 0.2) is 78.9 Å². The van der Waals surface area contributed by atoms with Crippen molar-refractivity contribution in [2.45, 2.75) is 13.0 Å². The first-order chi connectivity index (χ1) is 11.7. The van der Waals surface area contributed by atoms with E-state index in [4.69, 9.17) is 5.11 Å². The van der Waals surface area contributed by atoms with Crippen molar-refractivity contribution < 1.29 is 9.90 Å². The van der Waals surface area contributed by atoms with Gasteiger partial charge in [-0.05, 0) is 34.4 Å². The molecule has 0 radical (unpaired) electrons. The average Bonchev–Trinajstić information content (AvgIpc) is 2.62. The Morgan fingerprint density at radius 2 is 1.50 bits per heavy atom. The lowest BCUT2D eigenvalue weighted by Crippen LogP contribution is -2.02. The van der Waals surface area contributed by atoms with Gasteiger partial charge < -0.3 is 10.4 Å². The van der Waals surface area contributed by atoms with Crippen molar-refractivity contribution in [3.63, 3.8) is 0 Å². The van der Waals surface area contributed by atoms with E-state index < -0.39 is 5.97 Å². The minimum Gasteiger partial charge on any atom is -0.481 e. The topological polar surface area (TPSA) is 49.3 Å². The Balaban J connectivity index is 1.72. The standard InChI is InChI=1S/C21H19NO2/c23-21(24)14-16-10-12-19(13-11-16)22-15-18-8-4-5-9-20(18)17-6-2-1-3-7-17/h1-13,22H,14-15H2,(H,23,24). The minimum absolute atomic E-state index is 0.0527. The summed E-state index contributed by atoms with van der Waals surface area (Å²) in [7, 11) is 0. The molecule has 3 heteroatoms. The number of benzene rings is 3. The third-order valence-electron chi connectivity index (χ3n) is 3.89. The van der Waals surface area contributed by atoms with E-state index >= 15 is 0 Å². The Kier molecular flexibility index (Phi) is 4.92.